The molecule has 10 nitrogen and oxygen atoms in total. The van der Waals surface area contributed by atoms with E-state index in [2.05, 4.69) is 27.2 Å². The maximum absolute atomic E-state index is 14.0. The van der Waals surface area contributed by atoms with E-state index >= 15 is 0 Å². The van der Waals surface area contributed by atoms with E-state index in [-0.39, 0.29) is 29.9 Å². The van der Waals surface area contributed by atoms with Gasteiger partial charge in [0.1, 0.15) is 17.0 Å². The van der Waals surface area contributed by atoms with Crippen molar-refractivity contribution in [3.8, 4) is 5.75 Å². The number of rotatable bonds is 7. The lowest BCUT2D eigenvalue weighted by Crippen LogP contribution is -2.51. The quantitative estimate of drug-likeness (QED) is 0.310. The van der Waals surface area contributed by atoms with Crippen LogP contribution in [0.25, 0.3) is 6.08 Å². The van der Waals surface area contributed by atoms with Gasteiger partial charge in [0, 0.05) is 63.0 Å². The van der Waals surface area contributed by atoms with Gasteiger partial charge in [0.25, 0.3) is 0 Å². The Morgan fingerprint density at radius 3 is 2.20 bits per heavy atom. The zero-order chi connectivity index (χ0) is 36.5. The molecular weight excluding hydrogens is 644 g/mol. The maximum Gasteiger partial charge on any atom is 0.410 e. The monoisotopic (exact) mass is 700 g/mol. The van der Waals surface area contributed by atoms with E-state index in [1.165, 1.54) is 43.2 Å². The molecule has 1 saturated heterocycles. The van der Waals surface area contributed by atoms with Crippen molar-refractivity contribution in [2.45, 2.75) is 96.8 Å². The summed E-state index contributed by atoms with van der Waals surface area (Å²) in [6, 6.07) is 12.3. The molecule has 0 aromatic heterocycles. The molecule has 0 radical (unpaired) electrons. The second-order valence-electron chi connectivity index (χ2n) is 16.5. The van der Waals surface area contributed by atoms with Crippen LogP contribution >= 0.6 is 0 Å². The van der Waals surface area contributed by atoms with Crippen molar-refractivity contribution in [2.24, 2.45) is 5.92 Å². The summed E-state index contributed by atoms with van der Waals surface area (Å²) in [4.78, 5) is 46.3. The Balaban J connectivity index is 1.24. The zero-order valence-corrected chi connectivity index (χ0v) is 31.5. The average molecular weight is 701 g/mol. The predicted octanol–water partition coefficient (Wildman–Crippen LogP) is 6.94. The molecule has 6 rings (SSSR count). The summed E-state index contributed by atoms with van der Waals surface area (Å²) in [5, 5.41) is 3.20. The first-order chi connectivity index (χ1) is 24.2. The minimum atomic E-state index is -0.608. The summed E-state index contributed by atoms with van der Waals surface area (Å²) >= 11 is 0. The van der Waals surface area contributed by atoms with Crippen LogP contribution in [0.3, 0.4) is 0 Å². The van der Waals surface area contributed by atoms with Crippen LogP contribution in [0, 0.1) is 5.92 Å². The molecule has 0 bridgehead atoms. The molecule has 1 aliphatic carbocycles. The molecule has 276 valence electrons. The smallest absolute Gasteiger partial charge is 0.410 e. The molecule has 51 heavy (non-hydrogen) atoms. The van der Waals surface area contributed by atoms with Crippen molar-refractivity contribution in [2.75, 3.05) is 57.8 Å². The summed E-state index contributed by atoms with van der Waals surface area (Å²) in [6.45, 7) is 15.5. The Labute approximate surface area is 303 Å². The number of amides is 2. The highest BCUT2D eigenvalue weighted by Crippen LogP contribution is 2.57. The van der Waals surface area contributed by atoms with Gasteiger partial charge in [0.2, 0.25) is 5.91 Å². The lowest BCUT2D eigenvalue weighted by Gasteiger charge is -2.36. The van der Waals surface area contributed by atoms with E-state index in [0.29, 0.717) is 49.8 Å². The fraction of sp³-hybridized carbons (Fsp3) is 0.585. The molecule has 2 atom stereocenters. The van der Waals surface area contributed by atoms with E-state index in [1.807, 2.05) is 71.9 Å². The van der Waals surface area contributed by atoms with Crippen molar-refractivity contribution in [3.05, 3.63) is 64.2 Å². The highest BCUT2D eigenvalue weighted by Gasteiger charge is 2.46. The highest BCUT2D eigenvalue weighted by molar-refractivity contribution is 6.00. The van der Waals surface area contributed by atoms with Crippen LogP contribution in [0.15, 0.2) is 42.0 Å². The third-order valence-corrected chi connectivity index (χ3v) is 10.5. The summed E-state index contributed by atoms with van der Waals surface area (Å²) < 4.78 is 17.0. The van der Waals surface area contributed by atoms with Crippen LogP contribution < -0.4 is 15.0 Å². The molecule has 3 heterocycles. The largest absolute Gasteiger partial charge is 0.497 e. The van der Waals surface area contributed by atoms with E-state index < -0.39 is 11.2 Å². The Morgan fingerprint density at radius 2 is 1.53 bits per heavy atom. The van der Waals surface area contributed by atoms with Gasteiger partial charge < -0.3 is 29.3 Å². The summed E-state index contributed by atoms with van der Waals surface area (Å²) in [6.07, 6.45) is 7.79. The number of nitrogens with zero attached hydrogens (tertiary/aromatic N) is 3. The molecular formula is C41H56N4O6. The lowest BCUT2D eigenvalue weighted by atomic mass is 9.73. The number of fused-ring (bicyclic) bond motifs is 5. The van der Waals surface area contributed by atoms with Crippen LogP contribution in [-0.2, 0) is 14.3 Å². The molecule has 2 aromatic rings. The van der Waals surface area contributed by atoms with Crippen LogP contribution in [0.5, 0.6) is 5.75 Å². The average Bonchev–Trinajstić information content (AvgIpc) is 3.29. The van der Waals surface area contributed by atoms with E-state index in [4.69, 9.17) is 14.2 Å². The number of nitrogens with one attached hydrogen (secondary N) is 1. The third kappa shape index (κ3) is 8.54. The normalized spacial score (nSPS) is 21.1. The van der Waals surface area contributed by atoms with Crippen molar-refractivity contribution < 1.29 is 28.6 Å². The number of anilines is 1. The Kier molecular flexibility index (Phi) is 10.7. The molecule has 3 aliphatic heterocycles. The minimum Gasteiger partial charge on any atom is -0.497 e. The Morgan fingerprint density at radius 1 is 0.843 bits per heavy atom. The van der Waals surface area contributed by atoms with Gasteiger partial charge in [-0.05, 0) is 107 Å². The lowest BCUT2D eigenvalue weighted by molar-refractivity contribution is -0.117. The molecule has 1 N–H and O–H groups in total. The molecule has 1 saturated carbocycles. The van der Waals surface area contributed by atoms with Crippen molar-refractivity contribution in [3.63, 3.8) is 0 Å². The number of methoxy groups -OCH3 is 1. The number of piperazine rings is 1. The van der Waals surface area contributed by atoms with Crippen LogP contribution in [0.2, 0.25) is 0 Å². The molecule has 10 heteroatoms. The highest BCUT2D eigenvalue weighted by atomic mass is 16.6. The number of hydrogen-bond donors (Lipinski definition) is 1. The van der Waals surface area contributed by atoms with Crippen molar-refractivity contribution in [1.82, 2.24) is 15.1 Å². The molecule has 2 fully saturated rings. The number of carbonyl (C=O) groups is 3. The Hall–Kier alpha value is -4.05. The minimum absolute atomic E-state index is 0.0145. The SMILES string of the molecule is COc1ccc2c(c1)C=C(C(=O)NCCN1CCN(C(=O)OC(C)(C)C)CC1)CN1c3cc(C(=O)OC(C)(C)C)ccc3C(C3CCCCC3)C21. The number of benzene rings is 2. The maximum atomic E-state index is 14.0. The standard InChI is InChI=1S/C41H56N4O6/c1-40(2,3)50-38(47)28-13-15-33-34(25-28)45-26-30(37(46)42-17-18-43-19-21-44(22-20-43)39(48)51-41(4,5)6)23-29-24-31(49-7)14-16-32(29)36(45)35(33)27-11-9-8-10-12-27/h13-16,23-25,27,35-36H,8-12,17-22,26H2,1-7H3,(H,42,46). The Bertz CT molecular complexity index is 1640. The first-order valence-electron chi connectivity index (χ1n) is 18.7. The van der Waals surface area contributed by atoms with E-state index in [0.717, 1.165) is 30.1 Å². The summed E-state index contributed by atoms with van der Waals surface area (Å²) in [7, 11) is 1.67. The molecule has 2 amide bonds. The van der Waals surface area contributed by atoms with Gasteiger partial charge in [0.15, 0.2) is 0 Å². The molecule has 0 spiro atoms. The first kappa shape index (κ1) is 36.7. The first-order valence-corrected chi connectivity index (χ1v) is 18.7. The van der Waals surface area contributed by atoms with Gasteiger partial charge in [0.05, 0.1) is 18.7 Å². The van der Waals surface area contributed by atoms with Gasteiger partial charge in [-0.3, -0.25) is 9.69 Å². The van der Waals surface area contributed by atoms with Gasteiger partial charge in [-0.15, -0.1) is 0 Å². The summed E-state index contributed by atoms with van der Waals surface area (Å²) in [5.41, 5.74) is 4.47. The van der Waals surface area contributed by atoms with Gasteiger partial charge in [-0.1, -0.05) is 31.4 Å². The van der Waals surface area contributed by atoms with E-state index in [1.54, 1.807) is 12.0 Å². The number of hydrogen-bond acceptors (Lipinski definition) is 8. The van der Waals surface area contributed by atoms with Crippen LogP contribution in [-0.4, -0.2) is 91.9 Å². The van der Waals surface area contributed by atoms with Crippen molar-refractivity contribution in [1.29, 1.82) is 0 Å². The van der Waals surface area contributed by atoms with Crippen molar-refractivity contribution >= 4 is 29.7 Å². The van der Waals surface area contributed by atoms with Gasteiger partial charge >= 0.3 is 12.1 Å². The molecule has 4 aliphatic rings. The zero-order valence-electron chi connectivity index (χ0n) is 31.5. The van der Waals surface area contributed by atoms with Crippen LogP contribution in [0.4, 0.5) is 10.5 Å². The third-order valence-electron chi connectivity index (χ3n) is 10.5. The van der Waals surface area contributed by atoms with Gasteiger partial charge in [-0.25, -0.2) is 9.59 Å². The molecule has 2 aromatic carbocycles. The van der Waals surface area contributed by atoms with Crippen LogP contribution in [0.1, 0.15) is 113 Å². The van der Waals surface area contributed by atoms with Gasteiger partial charge in [-0.2, -0.15) is 0 Å². The van der Waals surface area contributed by atoms with E-state index in [9.17, 15) is 14.4 Å². The number of carbonyl (C=O) groups excluding carboxylic acids is 3. The summed E-state index contributed by atoms with van der Waals surface area (Å²) in [5.74, 6) is 1.03. The number of ether oxygens (including phenoxy) is 3. The number of esters is 1. The topological polar surface area (TPSA) is 101 Å². The second kappa shape index (κ2) is 14.9. The second-order valence-corrected chi connectivity index (χ2v) is 16.5. The fourth-order valence-corrected chi connectivity index (χ4v) is 8.15. The fourth-order valence-electron chi connectivity index (χ4n) is 8.15. The molecule has 2 unspecified atom stereocenters. The predicted molar refractivity (Wildman–Crippen MR) is 199 cm³/mol.